The second-order valence-electron chi connectivity index (χ2n) is 12.2. The van der Waals surface area contributed by atoms with Gasteiger partial charge in [0.1, 0.15) is 10.6 Å². The van der Waals surface area contributed by atoms with Crippen LogP contribution in [0.3, 0.4) is 0 Å². The summed E-state index contributed by atoms with van der Waals surface area (Å²) in [5.74, 6) is 0. The van der Waals surface area contributed by atoms with Crippen molar-refractivity contribution in [2.45, 2.75) is 77.0 Å². The van der Waals surface area contributed by atoms with Gasteiger partial charge in [0.15, 0.2) is 0 Å². The Bertz CT molecular complexity index is 1560. The van der Waals surface area contributed by atoms with Gasteiger partial charge in [0.05, 0.1) is 15.8 Å². The molecular formula is C31H37N3O2S. The van der Waals surface area contributed by atoms with Crippen LogP contribution in [0.4, 0.5) is 5.69 Å². The van der Waals surface area contributed by atoms with Gasteiger partial charge in [-0.15, -0.1) is 11.3 Å². The van der Waals surface area contributed by atoms with E-state index in [0.29, 0.717) is 5.56 Å². The summed E-state index contributed by atoms with van der Waals surface area (Å²) in [5.41, 5.74) is 12.8. The quantitative estimate of drug-likeness (QED) is 0.223. The van der Waals surface area contributed by atoms with Crippen LogP contribution in [0.25, 0.3) is 31.8 Å². The third-order valence-electron chi connectivity index (χ3n) is 8.58. The Labute approximate surface area is 222 Å². The van der Waals surface area contributed by atoms with Crippen molar-refractivity contribution in [1.82, 2.24) is 4.98 Å². The molecule has 0 spiro atoms. The van der Waals surface area contributed by atoms with E-state index in [2.05, 4.69) is 56.9 Å². The molecule has 0 fully saturated rings. The lowest BCUT2D eigenvalue weighted by molar-refractivity contribution is 0.398. The number of nitrogens with zero attached hydrogens (tertiary/aromatic N) is 2. The third kappa shape index (κ3) is 4.18. The zero-order valence-electron chi connectivity index (χ0n) is 22.4. The smallest absolute Gasteiger partial charge is 0.346 e. The number of fused-ring (bicyclic) bond motifs is 3. The lowest BCUT2D eigenvalue weighted by atomic mass is 9.69. The molecule has 6 rings (SSSR count). The maximum absolute atomic E-state index is 13.4. The van der Waals surface area contributed by atoms with Gasteiger partial charge in [-0.25, -0.2) is 9.78 Å². The van der Waals surface area contributed by atoms with Crippen LogP contribution in [0.2, 0.25) is 0 Å². The molecule has 2 N–H and O–H groups in total. The number of benzene rings is 2. The Morgan fingerprint density at radius 3 is 2.59 bits per heavy atom. The van der Waals surface area contributed by atoms with Crippen LogP contribution in [0.5, 0.6) is 0 Å². The van der Waals surface area contributed by atoms with Crippen LogP contribution < -0.4 is 16.3 Å². The topological polar surface area (TPSA) is 72.4 Å². The molecule has 0 amide bonds. The molecule has 0 bridgehead atoms. The molecule has 0 saturated carbocycles. The van der Waals surface area contributed by atoms with E-state index < -0.39 is 0 Å². The van der Waals surface area contributed by atoms with Gasteiger partial charge in [-0.3, -0.25) is 0 Å². The highest BCUT2D eigenvalue weighted by molar-refractivity contribution is 7.21. The number of nitrogens with two attached hydrogens (primary N) is 1. The van der Waals surface area contributed by atoms with Crippen molar-refractivity contribution in [2.75, 3.05) is 24.5 Å². The predicted octanol–water partition coefficient (Wildman–Crippen LogP) is 6.91. The number of aryl methyl sites for hydroxylation is 1. The standard InChI is InChI=1S/C31H37N3O2S/c1-30(2)11-14-34-15-12-31(3,4)25-26(34)22(30)18-20-17-21(29(35)36-27(20)25)28-33-23-16-19(8-6-5-7-13-32)9-10-24(23)37-28/h9-10,16-18H,5-8,11-15,32H2,1-4H3. The largest absolute Gasteiger partial charge is 0.422 e. The Morgan fingerprint density at radius 2 is 1.81 bits per heavy atom. The number of aromatic nitrogens is 1. The third-order valence-corrected chi connectivity index (χ3v) is 9.65. The van der Waals surface area contributed by atoms with Gasteiger partial charge in [0.2, 0.25) is 0 Å². The molecule has 0 saturated heterocycles. The SMILES string of the molecule is CC1(C)CCN2CCC(C)(C)c3c2c1cc1cc(-c2nc4cc(CCCCCN)ccc4s2)c(=O)oc31. The summed E-state index contributed by atoms with van der Waals surface area (Å²) in [6.07, 6.45) is 6.55. The monoisotopic (exact) mass is 515 g/mol. The highest BCUT2D eigenvalue weighted by atomic mass is 32.1. The van der Waals surface area contributed by atoms with Crippen molar-refractivity contribution in [3.63, 3.8) is 0 Å². The maximum atomic E-state index is 13.4. The summed E-state index contributed by atoms with van der Waals surface area (Å²) in [6, 6.07) is 10.8. The first-order chi connectivity index (χ1) is 17.7. The molecular weight excluding hydrogens is 478 g/mol. The maximum Gasteiger partial charge on any atom is 0.346 e. The molecule has 2 aromatic carbocycles. The zero-order valence-corrected chi connectivity index (χ0v) is 23.3. The van der Waals surface area contributed by atoms with E-state index in [1.165, 1.54) is 22.4 Å². The summed E-state index contributed by atoms with van der Waals surface area (Å²) >= 11 is 1.57. The van der Waals surface area contributed by atoms with Gasteiger partial charge in [0, 0.05) is 29.7 Å². The van der Waals surface area contributed by atoms with E-state index in [1.54, 1.807) is 11.3 Å². The van der Waals surface area contributed by atoms with Gasteiger partial charge in [-0.2, -0.15) is 0 Å². The average Bonchev–Trinajstić information content (AvgIpc) is 3.27. The fourth-order valence-corrected chi connectivity index (χ4v) is 7.14. The fraction of sp³-hybridized carbons (Fsp3) is 0.484. The van der Waals surface area contributed by atoms with Gasteiger partial charge >= 0.3 is 5.63 Å². The molecule has 4 heterocycles. The highest BCUT2D eigenvalue weighted by Gasteiger charge is 2.42. The number of rotatable bonds is 6. The van der Waals surface area contributed by atoms with E-state index in [-0.39, 0.29) is 16.5 Å². The first-order valence-electron chi connectivity index (χ1n) is 13.7. The van der Waals surface area contributed by atoms with Gasteiger partial charge < -0.3 is 15.1 Å². The Morgan fingerprint density at radius 1 is 1.03 bits per heavy atom. The molecule has 5 nitrogen and oxygen atoms in total. The molecule has 2 aliphatic rings. The lowest BCUT2D eigenvalue weighted by Crippen LogP contribution is -2.44. The van der Waals surface area contributed by atoms with Crippen LogP contribution in [0, 0.1) is 0 Å². The minimum absolute atomic E-state index is 0.0542. The van der Waals surface area contributed by atoms with Crippen molar-refractivity contribution >= 4 is 38.2 Å². The van der Waals surface area contributed by atoms with Crippen LogP contribution >= 0.6 is 11.3 Å². The van der Waals surface area contributed by atoms with Gasteiger partial charge in [0.25, 0.3) is 0 Å². The van der Waals surface area contributed by atoms with Crippen LogP contribution in [0.1, 0.15) is 76.5 Å². The average molecular weight is 516 g/mol. The number of hydrogen-bond acceptors (Lipinski definition) is 6. The molecule has 2 aromatic heterocycles. The minimum atomic E-state index is -0.298. The van der Waals surface area contributed by atoms with E-state index in [1.807, 2.05) is 6.07 Å². The Hall–Kier alpha value is -2.70. The van der Waals surface area contributed by atoms with Gasteiger partial charge in [-0.05, 0) is 84.9 Å². The lowest BCUT2D eigenvalue weighted by Gasteiger charge is -2.48. The fourth-order valence-electron chi connectivity index (χ4n) is 6.19. The molecule has 0 unspecified atom stereocenters. The van der Waals surface area contributed by atoms with Crippen molar-refractivity contribution in [3.05, 3.63) is 57.4 Å². The number of unbranched alkanes of at least 4 members (excludes halogenated alkanes) is 2. The van der Waals surface area contributed by atoms with Crippen LogP contribution in [0.15, 0.2) is 39.5 Å². The van der Waals surface area contributed by atoms with Crippen LogP contribution in [-0.4, -0.2) is 24.6 Å². The number of anilines is 1. The molecule has 37 heavy (non-hydrogen) atoms. The predicted molar refractivity (Wildman–Crippen MR) is 155 cm³/mol. The molecule has 194 valence electrons. The number of thiazole rings is 1. The molecule has 0 radical (unpaired) electrons. The molecule has 4 aromatic rings. The first-order valence-corrected chi connectivity index (χ1v) is 14.5. The van der Waals surface area contributed by atoms with E-state index in [9.17, 15) is 4.79 Å². The van der Waals surface area contributed by atoms with Crippen molar-refractivity contribution in [2.24, 2.45) is 5.73 Å². The zero-order chi connectivity index (χ0) is 25.9. The summed E-state index contributed by atoms with van der Waals surface area (Å²) in [5, 5.41) is 1.74. The normalized spacial score (nSPS) is 17.9. The summed E-state index contributed by atoms with van der Waals surface area (Å²) < 4.78 is 7.29. The number of hydrogen-bond donors (Lipinski definition) is 1. The molecule has 0 atom stereocenters. The molecule has 2 aliphatic heterocycles. The Kier molecular flexibility index (Phi) is 5.96. The summed E-state index contributed by atoms with van der Waals surface area (Å²) in [7, 11) is 0. The molecule has 0 aliphatic carbocycles. The van der Waals surface area contributed by atoms with Gasteiger partial charge in [-0.1, -0.05) is 40.2 Å². The van der Waals surface area contributed by atoms with Crippen molar-refractivity contribution in [3.8, 4) is 10.6 Å². The van der Waals surface area contributed by atoms with E-state index in [4.69, 9.17) is 15.1 Å². The molecule has 6 heteroatoms. The van der Waals surface area contributed by atoms with Crippen molar-refractivity contribution in [1.29, 1.82) is 0 Å². The highest BCUT2D eigenvalue weighted by Crippen LogP contribution is 2.51. The first kappa shape index (κ1) is 24.6. The van der Waals surface area contributed by atoms with Crippen LogP contribution in [-0.2, 0) is 17.3 Å². The summed E-state index contributed by atoms with van der Waals surface area (Å²) in [6.45, 7) is 12.1. The minimum Gasteiger partial charge on any atom is -0.422 e. The summed E-state index contributed by atoms with van der Waals surface area (Å²) in [4.78, 5) is 20.8. The van der Waals surface area contributed by atoms with Crippen molar-refractivity contribution < 1.29 is 4.42 Å². The van der Waals surface area contributed by atoms with E-state index >= 15 is 0 Å². The second kappa shape index (κ2) is 8.95. The van der Waals surface area contributed by atoms with E-state index in [0.717, 1.165) is 84.4 Å². The Balaban J connectivity index is 1.47. The second-order valence-corrected chi connectivity index (χ2v) is 13.2.